The van der Waals surface area contributed by atoms with E-state index in [2.05, 4.69) is 21.2 Å². The maximum Gasteiger partial charge on any atom is 0.222 e. The predicted molar refractivity (Wildman–Crippen MR) is 82.8 cm³/mol. The number of benzene rings is 1. The fraction of sp³-hybridized carbons (Fsp3) is 0.533. The standard InChI is InChI=1S/C15H21BrN2O2/c1-18(15(19)7-11-5-6-17-9-11)10-12-8-13(16)3-4-14(12)20-2/h3-4,8,11,17H,5-7,9-10H2,1-2H3. The van der Waals surface area contributed by atoms with Gasteiger partial charge >= 0.3 is 0 Å². The number of carbonyl (C=O) groups is 1. The Morgan fingerprint density at radius 1 is 1.55 bits per heavy atom. The molecule has 2 rings (SSSR count). The highest BCUT2D eigenvalue weighted by molar-refractivity contribution is 9.10. The van der Waals surface area contributed by atoms with E-state index in [1.807, 2.05) is 25.2 Å². The van der Waals surface area contributed by atoms with Crippen LogP contribution in [-0.2, 0) is 11.3 Å². The fourth-order valence-electron chi connectivity index (χ4n) is 2.51. The summed E-state index contributed by atoms with van der Waals surface area (Å²) in [5.74, 6) is 1.49. The number of hydrogen-bond donors (Lipinski definition) is 1. The van der Waals surface area contributed by atoms with Gasteiger partial charge in [0.25, 0.3) is 0 Å². The predicted octanol–water partition coefficient (Wildman–Crippen LogP) is 2.42. The third kappa shape index (κ3) is 3.96. The lowest BCUT2D eigenvalue weighted by Crippen LogP contribution is -2.28. The highest BCUT2D eigenvalue weighted by Crippen LogP contribution is 2.24. The lowest BCUT2D eigenvalue weighted by atomic mass is 10.0. The van der Waals surface area contributed by atoms with Crippen LogP contribution in [0.15, 0.2) is 22.7 Å². The maximum absolute atomic E-state index is 12.2. The first-order chi connectivity index (χ1) is 9.60. The zero-order valence-corrected chi connectivity index (χ0v) is 13.6. The molecule has 1 N–H and O–H groups in total. The summed E-state index contributed by atoms with van der Waals surface area (Å²) in [5, 5.41) is 3.30. The van der Waals surface area contributed by atoms with Crippen molar-refractivity contribution < 1.29 is 9.53 Å². The van der Waals surface area contributed by atoms with Gasteiger partial charge in [-0.3, -0.25) is 4.79 Å². The quantitative estimate of drug-likeness (QED) is 0.894. The van der Waals surface area contributed by atoms with Gasteiger partial charge < -0.3 is 15.0 Å². The van der Waals surface area contributed by atoms with Gasteiger partial charge in [0.1, 0.15) is 5.75 Å². The lowest BCUT2D eigenvalue weighted by molar-refractivity contribution is -0.131. The second-order valence-electron chi connectivity index (χ2n) is 5.27. The van der Waals surface area contributed by atoms with E-state index in [9.17, 15) is 4.79 Å². The molecule has 1 fully saturated rings. The molecule has 1 aliphatic heterocycles. The summed E-state index contributed by atoms with van der Waals surface area (Å²) in [6.45, 7) is 2.56. The van der Waals surface area contributed by atoms with E-state index in [1.165, 1.54) is 0 Å². The molecule has 1 aromatic rings. The van der Waals surface area contributed by atoms with Crippen LogP contribution in [-0.4, -0.2) is 38.1 Å². The van der Waals surface area contributed by atoms with Crippen LogP contribution in [0.2, 0.25) is 0 Å². The summed E-state index contributed by atoms with van der Waals surface area (Å²) in [6.07, 6.45) is 1.72. The second kappa shape index (κ2) is 7.09. The Hall–Kier alpha value is -1.07. The normalized spacial score (nSPS) is 18.1. The first-order valence-corrected chi connectivity index (χ1v) is 7.66. The Morgan fingerprint density at radius 2 is 2.35 bits per heavy atom. The molecule has 4 nitrogen and oxygen atoms in total. The van der Waals surface area contributed by atoms with Gasteiger partial charge in [0.2, 0.25) is 5.91 Å². The van der Waals surface area contributed by atoms with Crippen molar-refractivity contribution in [1.82, 2.24) is 10.2 Å². The third-order valence-corrected chi connectivity index (χ3v) is 4.19. The lowest BCUT2D eigenvalue weighted by Gasteiger charge is -2.20. The van der Waals surface area contributed by atoms with E-state index in [0.717, 1.165) is 35.3 Å². The molecule has 0 spiro atoms. The number of ether oxygens (including phenoxy) is 1. The Morgan fingerprint density at radius 3 is 3.00 bits per heavy atom. The van der Waals surface area contributed by atoms with Gasteiger partial charge in [0.15, 0.2) is 0 Å². The summed E-state index contributed by atoms with van der Waals surface area (Å²) in [7, 11) is 3.50. The van der Waals surface area contributed by atoms with Crippen molar-refractivity contribution in [3.8, 4) is 5.75 Å². The fourth-order valence-corrected chi connectivity index (χ4v) is 2.91. The van der Waals surface area contributed by atoms with E-state index >= 15 is 0 Å². The van der Waals surface area contributed by atoms with Crippen LogP contribution in [0.5, 0.6) is 5.75 Å². The van der Waals surface area contributed by atoms with E-state index in [1.54, 1.807) is 12.0 Å². The van der Waals surface area contributed by atoms with Gasteiger partial charge in [-0.25, -0.2) is 0 Å². The van der Waals surface area contributed by atoms with E-state index < -0.39 is 0 Å². The highest BCUT2D eigenvalue weighted by atomic mass is 79.9. The average molecular weight is 341 g/mol. The van der Waals surface area contributed by atoms with Gasteiger partial charge in [-0.15, -0.1) is 0 Å². The Bertz CT molecular complexity index is 473. The molecule has 110 valence electrons. The van der Waals surface area contributed by atoms with E-state index in [4.69, 9.17) is 4.74 Å². The maximum atomic E-state index is 12.2. The van der Waals surface area contributed by atoms with E-state index in [-0.39, 0.29) is 5.91 Å². The van der Waals surface area contributed by atoms with Gasteiger partial charge in [0.05, 0.1) is 7.11 Å². The first kappa shape index (κ1) is 15.3. The van der Waals surface area contributed by atoms with Crippen LogP contribution in [0.4, 0.5) is 0 Å². The summed E-state index contributed by atoms with van der Waals surface area (Å²) >= 11 is 3.46. The van der Waals surface area contributed by atoms with Crippen molar-refractivity contribution in [2.45, 2.75) is 19.4 Å². The number of hydrogen-bond acceptors (Lipinski definition) is 3. The van der Waals surface area contributed by atoms with E-state index in [0.29, 0.717) is 18.9 Å². The molecule has 0 saturated carbocycles. The van der Waals surface area contributed by atoms with Crippen LogP contribution in [0.25, 0.3) is 0 Å². The Kier molecular flexibility index (Phi) is 5.43. The van der Waals surface area contributed by atoms with Crippen molar-refractivity contribution in [1.29, 1.82) is 0 Å². The molecule has 1 heterocycles. The number of nitrogens with zero attached hydrogens (tertiary/aromatic N) is 1. The first-order valence-electron chi connectivity index (χ1n) is 6.87. The number of rotatable bonds is 5. The monoisotopic (exact) mass is 340 g/mol. The van der Waals surface area contributed by atoms with Crippen molar-refractivity contribution in [3.05, 3.63) is 28.2 Å². The minimum Gasteiger partial charge on any atom is -0.496 e. The molecular weight excluding hydrogens is 320 g/mol. The van der Waals surface area contributed by atoms with Crippen LogP contribution in [0, 0.1) is 5.92 Å². The minimum atomic E-state index is 0.195. The number of methoxy groups -OCH3 is 1. The molecule has 0 aliphatic carbocycles. The number of amides is 1. The molecular formula is C15H21BrN2O2. The largest absolute Gasteiger partial charge is 0.496 e. The van der Waals surface area contributed by atoms with Gasteiger partial charge in [-0.05, 0) is 43.6 Å². The van der Waals surface area contributed by atoms with Crippen molar-refractivity contribution in [2.24, 2.45) is 5.92 Å². The van der Waals surface area contributed by atoms with Gasteiger partial charge in [0, 0.05) is 30.0 Å². The third-order valence-electron chi connectivity index (χ3n) is 3.70. The van der Waals surface area contributed by atoms with Crippen molar-refractivity contribution in [3.63, 3.8) is 0 Å². The Labute approximate surface area is 128 Å². The molecule has 1 unspecified atom stereocenters. The second-order valence-corrected chi connectivity index (χ2v) is 6.18. The van der Waals surface area contributed by atoms with Gasteiger partial charge in [-0.2, -0.15) is 0 Å². The molecule has 1 aliphatic rings. The zero-order chi connectivity index (χ0) is 14.5. The molecule has 1 atom stereocenters. The zero-order valence-electron chi connectivity index (χ0n) is 12.0. The van der Waals surface area contributed by atoms with Crippen LogP contribution >= 0.6 is 15.9 Å². The molecule has 1 saturated heterocycles. The number of nitrogens with one attached hydrogen (secondary N) is 1. The van der Waals surface area contributed by atoms with Crippen molar-refractivity contribution in [2.75, 3.05) is 27.2 Å². The molecule has 0 bridgehead atoms. The van der Waals surface area contributed by atoms with Crippen molar-refractivity contribution >= 4 is 21.8 Å². The summed E-state index contributed by atoms with van der Waals surface area (Å²) in [4.78, 5) is 14.0. The molecule has 1 aromatic carbocycles. The molecule has 0 radical (unpaired) electrons. The van der Waals surface area contributed by atoms with Crippen LogP contribution in [0.1, 0.15) is 18.4 Å². The molecule has 5 heteroatoms. The summed E-state index contributed by atoms with van der Waals surface area (Å²) < 4.78 is 6.34. The minimum absolute atomic E-state index is 0.195. The molecule has 20 heavy (non-hydrogen) atoms. The average Bonchev–Trinajstić information content (AvgIpc) is 2.91. The SMILES string of the molecule is COc1ccc(Br)cc1CN(C)C(=O)CC1CCNC1. The number of halogens is 1. The topological polar surface area (TPSA) is 41.6 Å². The van der Waals surface area contributed by atoms with Crippen LogP contribution in [0.3, 0.4) is 0 Å². The van der Waals surface area contributed by atoms with Crippen LogP contribution < -0.4 is 10.1 Å². The number of carbonyl (C=O) groups excluding carboxylic acids is 1. The van der Waals surface area contributed by atoms with Gasteiger partial charge in [-0.1, -0.05) is 15.9 Å². The summed E-state index contributed by atoms with van der Waals surface area (Å²) in [6, 6.07) is 5.85. The summed E-state index contributed by atoms with van der Waals surface area (Å²) in [5.41, 5.74) is 1.02. The smallest absolute Gasteiger partial charge is 0.222 e. The highest BCUT2D eigenvalue weighted by Gasteiger charge is 2.20. The molecule has 1 amide bonds. The molecule has 0 aromatic heterocycles. The Balaban J connectivity index is 1.97.